The zero-order valence-electron chi connectivity index (χ0n) is 11.6. The maximum absolute atomic E-state index is 10.4. The quantitative estimate of drug-likeness (QED) is 0.622. The van der Waals surface area contributed by atoms with Crippen LogP contribution in [0.4, 0.5) is 5.69 Å². The topological polar surface area (TPSA) is 58.9 Å². The molecule has 1 aromatic rings. The van der Waals surface area contributed by atoms with Gasteiger partial charge < -0.3 is 0 Å². The molecule has 0 saturated heterocycles. The summed E-state index contributed by atoms with van der Waals surface area (Å²) in [7, 11) is 0. The minimum Gasteiger partial charge on any atom is -0.211 e. The lowest BCUT2D eigenvalue weighted by Gasteiger charge is -2.31. The van der Waals surface area contributed by atoms with Crippen LogP contribution in [0.3, 0.4) is 0 Å². The molecule has 4 nitrogen and oxygen atoms in total. The summed E-state index contributed by atoms with van der Waals surface area (Å²) < 4.78 is 0. The molecule has 0 radical (unpaired) electrons. The molecule has 0 aliphatic heterocycles. The Balaban J connectivity index is 1.99. The molecule has 0 bridgehead atoms. The molecule has 1 aliphatic carbocycles. The highest BCUT2D eigenvalue weighted by molar-refractivity contribution is 5.49. The second-order valence-corrected chi connectivity index (χ2v) is 5.52. The Labute approximate surface area is 118 Å². The summed E-state index contributed by atoms with van der Waals surface area (Å²) in [5.41, 5.74) is 1.85. The maximum atomic E-state index is 10.4. The summed E-state index contributed by atoms with van der Waals surface area (Å²) in [6.07, 6.45) is 7.43. The second kappa shape index (κ2) is 6.95. The largest absolute Gasteiger partial charge is 0.240 e. The van der Waals surface area contributed by atoms with Crippen LogP contribution in [0.2, 0.25) is 0 Å². The van der Waals surface area contributed by atoms with E-state index in [1.54, 1.807) is 6.08 Å². The highest BCUT2D eigenvalue weighted by Gasteiger charge is 2.27. The molecule has 3 unspecified atom stereocenters. The predicted molar refractivity (Wildman–Crippen MR) is 76.3 cm³/mol. The summed E-state index contributed by atoms with van der Waals surface area (Å²) in [5, 5.41) is 0. The summed E-state index contributed by atoms with van der Waals surface area (Å²) in [4.78, 5) is 28.1. The fourth-order valence-corrected chi connectivity index (χ4v) is 2.91. The number of benzene rings is 1. The van der Waals surface area contributed by atoms with Gasteiger partial charge in [-0.25, -0.2) is 14.6 Å². The van der Waals surface area contributed by atoms with Gasteiger partial charge in [-0.05, 0) is 55.2 Å². The molecule has 3 atom stereocenters. The van der Waals surface area contributed by atoms with Crippen LogP contribution in [-0.4, -0.2) is 18.2 Å². The molecular formula is C16H18N2O2. The van der Waals surface area contributed by atoms with Gasteiger partial charge in [0.25, 0.3) is 0 Å². The fraction of sp³-hybridized carbons (Fsp3) is 0.500. The van der Waals surface area contributed by atoms with E-state index in [2.05, 4.69) is 16.9 Å². The lowest BCUT2D eigenvalue weighted by molar-refractivity contribution is 0.252. The van der Waals surface area contributed by atoms with Crippen LogP contribution in [0.1, 0.15) is 31.7 Å². The number of carbonyl (C=O) groups excluding carboxylic acids is 2. The molecule has 0 heterocycles. The molecule has 0 amide bonds. The van der Waals surface area contributed by atoms with E-state index in [1.165, 1.54) is 18.1 Å². The number of isocyanates is 2. The van der Waals surface area contributed by atoms with Crippen molar-refractivity contribution in [3.05, 3.63) is 29.8 Å². The molecule has 104 valence electrons. The minimum atomic E-state index is 0.116. The van der Waals surface area contributed by atoms with Crippen molar-refractivity contribution in [3.8, 4) is 0 Å². The Morgan fingerprint density at radius 3 is 2.55 bits per heavy atom. The van der Waals surface area contributed by atoms with E-state index in [0.717, 1.165) is 19.3 Å². The lowest BCUT2D eigenvalue weighted by atomic mass is 9.77. The molecule has 1 fully saturated rings. The molecule has 0 spiro atoms. The number of aliphatic imine (C=N–C) groups is 2. The molecule has 1 saturated carbocycles. The summed E-state index contributed by atoms with van der Waals surface area (Å²) in [6, 6.07) is 7.75. The van der Waals surface area contributed by atoms with Crippen molar-refractivity contribution in [2.45, 2.75) is 38.6 Å². The van der Waals surface area contributed by atoms with Gasteiger partial charge in [0.15, 0.2) is 0 Å². The van der Waals surface area contributed by atoms with Gasteiger partial charge in [0, 0.05) is 0 Å². The predicted octanol–water partition coefficient (Wildman–Crippen LogP) is 3.34. The standard InChI is InChI=1S/C16H18N2O2/c1-12-2-3-14(9-16(12)18-11-20)8-13-4-6-15(7-5-13)17-10-19/h4-7,12,14,16H,2-3,8-9H2,1H3. The van der Waals surface area contributed by atoms with Gasteiger partial charge in [-0.15, -0.1) is 0 Å². The van der Waals surface area contributed by atoms with E-state index in [4.69, 9.17) is 0 Å². The molecule has 20 heavy (non-hydrogen) atoms. The summed E-state index contributed by atoms with van der Waals surface area (Å²) in [6.45, 7) is 2.15. The van der Waals surface area contributed by atoms with Crippen LogP contribution in [-0.2, 0) is 16.0 Å². The molecule has 0 aromatic heterocycles. The molecular weight excluding hydrogens is 252 g/mol. The molecule has 2 rings (SSSR count). The summed E-state index contributed by atoms with van der Waals surface area (Å²) in [5.74, 6) is 1.02. The van der Waals surface area contributed by atoms with Crippen LogP contribution < -0.4 is 0 Å². The average Bonchev–Trinajstić information content (AvgIpc) is 2.45. The van der Waals surface area contributed by atoms with E-state index >= 15 is 0 Å². The Kier molecular flexibility index (Phi) is 5.00. The first-order valence-corrected chi connectivity index (χ1v) is 6.96. The van der Waals surface area contributed by atoms with Crippen molar-refractivity contribution < 1.29 is 9.59 Å². The van der Waals surface area contributed by atoms with Gasteiger partial charge in [0.1, 0.15) is 0 Å². The van der Waals surface area contributed by atoms with Crippen molar-refractivity contribution in [2.24, 2.45) is 21.8 Å². The van der Waals surface area contributed by atoms with Crippen molar-refractivity contribution in [2.75, 3.05) is 0 Å². The molecule has 0 N–H and O–H groups in total. The van der Waals surface area contributed by atoms with Gasteiger partial charge in [0.2, 0.25) is 12.2 Å². The first-order valence-electron chi connectivity index (χ1n) is 6.96. The lowest BCUT2D eigenvalue weighted by Crippen LogP contribution is -2.27. The van der Waals surface area contributed by atoms with Gasteiger partial charge in [-0.3, -0.25) is 0 Å². The van der Waals surface area contributed by atoms with Crippen molar-refractivity contribution in [1.82, 2.24) is 0 Å². The number of hydrogen-bond donors (Lipinski definition) is 0. The second-order valence-electron chi connectivity index (χ2n) is 5.52. The molecule has 1 aromatic carbocycles. The Hall–Kier alpha value is -2.02. The smallest absolute Gasteiger partial charge is 0.211 e. The SMILES string of the molecule is CC1CCC(Cc2ccc(N=C=O)cc2)CC1N=C=O. The van der Waals surface area contributed by atoms with E-state index in [1.807, 2.05) is 24.3 Å². The van der Waals surface area contributed by atoms with Crippen molar-refractivity contribution in [1.29, 1.82) is 0 Å². The normalized spacial score (nSPS) is 25.4. The highest BCUT2D eigenvalue weighted by atomic mass is 16.1. The summed E-state index contributed by atoms with van der Waals surface area (Å²) >= 11 is 0. The zero-order valence-corrected chi connectivity index (χ0v) is 11.6. The van der Waals surface area contributed by atoms with Gasteiger partial charge >= 0.3 is 0 Å². The molecule has 4 heteroatoms. The maximum Gasteiger partial charge on any atom is 0.240 e. The fourth-order valence-electron chi connectivity index (χ4n) is 2.91. The van der Waals surface area contributed by atoms with E-state index < -0.39 is 0 Å². The van der Waals surface area contributed by atoms with Crippen LogP contribution in [0, 0.1) is 11.8 Å². The van der Waals surface area contributed by atoms with Crippen LogP contribution in [0.5, 0.6) is 0 Å². The van der Waals surface area contributed by atoms with Gasteiger partial charge in [0.05, 0.1) is 11.7 Å². The monoisotopic (exact) mass is 270 g/mol. The number of rotatable bonds is 4. The third kappa shape index (κ3) is 3.74. The van der Waals surface area contributed by atoms with E-state index in [9.17, 15) is 9.59 Å². The average molecular weight is 270 g/mol. The van der Waals surface area contributed by atoms with E-state index in [0.29, 0.717) is 17.5 Å². The van der Waals surface area contributed by atoms with Crippen LogP contribution in [0.25, 0.3) is 0 Å². The third-order valence-electron chi connectivity index (χ3n) is 4.12. The Morgan fingerprint density at radius 2 is 1.90 bits per heavy atom. The van der Waals surface area contributed by atoms with Gasteiger partial charge in [-0.2, -0.15) is 4.99 Å². The number of hydrogen-bond acceptors (Lipinski definition) is 4. The third-order valence-corrected chi connectivity index (χ3v) is 4.12. The molecule has 1 aliphatic rings. The first kappa shape index (κ1) is 14.4. The number of nitrogens with zero attached hydrogens (tertiary/aromatic N) is 2. The van der Waals surface area contributed by atoms with Crippen molar-refractivity contribution >= 4 is 17.8 Å². The van der Waals surface area contributed by atoms with E-state index in [-0.39, 0.29) is 6.04 Å². The Bertz CT molecular complexity index is 540. The van der Waals surface area contributed by atoms with Gasteiger partial charge in [-0.1, -0.05) is 19.1 Å². The zero-order chi connectivity index (χ0) is 14.4. The van der Waals surface area contributed by atoms with Crippen LogP contribution >= 0.6 is 0 Å². The minimum absolute atomic E-state index is 0.116. The van der Waals surface area contributed by atoms with Crippen LogP contribution in [0.15, 0.2) is 34.3 Å². The van der Waals surface area contributed by atoms with Crippen molar-refractivity contribution in [3.63, 3.8) is 0 Å². The Morgan fingerprint density at radius 1 is 1.15 bits per heavy atom. The first-order chi connectivity index (χ1) is 9.72. The highest BCUT2D eigenvalue weighted by Crippen LogP contribution is 2.33.